The van der Waals surface area contributed by atoms with Crippen LogP contribution in [0.3, 0.4) is 0 Å². The summed E-state index contributed by atoms with van der Waals surface area (Å²) in [5.74, 6) is -0.751. The van der Waals surface area contributed by atoms with Crippen molar-refractivity contribution in [3.05, 3.63) is 59.7 Å². The summed E-state index contributed by atoms with van der Waals surface area (Å²) < 4.78 is 34.2. The van der Waals surface area contributed by atoms with Crippen molar-refractivity contribution >= 4 is 27.5 Å². The molecule has 0 N–H and O–H groups in total. The minimum Gasteiger partial charge on any atom is -0.482 e. The number of nitriles is 1. The van der Waals surface area contributed by atoms with E-state index in [1.54, 1.807) is 24.3 Å². The van der Waals surface area contributed by atoms with Crippen LogP contribution in [0.2, 0.25) is 0 Å². The summed E-state index contributed by atoms with van der Waals surface area (Å²) >= 11 is 0. The Hall–Kier alpha value is -3.38. The zero-order valence-electron chi connectivity index (χ0n) is 15.3. The Bertz CT molecular complexity index is 992. The number of benzene rings is 2. The van der Waals surface area contributed by atoms with Crippen molar-refractivity contribution in [2.45, 2.75) is 0 Å². The molecule has 28 heavy (non-hydrogen) atoms. The van der Waals surface area contributed by atoms with Gasteiger partial charge in [-0.3, -0.25) is 9.10 Å². The van der Waals surface area contributed by atoms with Crippen LogP contribution in [0.4, 0.5) is 5.69 Å². The number of hydrogen-bond donors (Lipinski definition) is 0. The zero-order chi connectivity index (χ0) is 20.7. The lowest BCUT2D eigenvalue weighted by Gasteiger charge is -2.16. The second kappa shape index (κ2) is 9.01. The number of anilines is 1. The average molecular weight is 402 g/mol. The van der Waals surface area contributed by atoms with Crippen molar-refractivity contribution in [3.8, 4) is 11.8 Å². The molecule has 8 nitrogen and oxygen atoms in total. The maximum absolute atomic E-state index is 12.1. The Morgan fingerprint density at radius 3 is 2.18 bits per heavy atom. The predicted molar refractivity (Wildman–Crippen MR) is 102 cm³/mol. The molecule has 0 aliphatic rings. The summed E-state index contributed by atoms with van der Waals surface area (Å²) in [6.07, 6.45) is 1.07. The van der Waals surface area contributed by atoms with Crippen LogP contribution in [-0.2, 0) is 19.6 Å². The lowest BCUT2D eigenvalue weighted by molar-refractivity contribution is -0.144. The van der Waals surface area contributed by atoms with E-state index < -0.39 is 28.4 Å². The van der Waals surface area contributed by atoms with Crippen molar-refractivity contribution in [3.63, 3.8) is 0 Å². The summed E-state index contributed by atoms with van der Waals surface area (Å²) in [6, 6.07) is 14.1. The number of Topliss-reactive ketones (excluding diaryl/α,β-unsaturated/α-hetero) is 1. The second-order valence-electron chi connectivity index (χ2n) is 5.79. The van der Waals surface area contributed by atoms with E-state index in [0.717, 1.165) is 10.6 Å². The van der Waals surface area contributed by atoms with E-state index in [0.29, 0.717) is 17.0 Å². The van der Waals surface area contributed by atoms with Crippen LogP contribution >= 0.6 is 0 Å². The fraction of sp³-hybridized carbons (Fsp3) is 0.211. The molecule has 0 heterocycles. The molecular formula is C19H18N2O6S. The van der Waals surface area contributed by atoms with Crippen molar-refractivity contribution < 1.29 is 27.5 Å². The maximum atomic E-state index is 12.1. The topological polar surface area (TPSA) is 114 Å². The minimum absolute atomic E-state index is 0.284. The first-order valence-corrected chi connectivity index (χ1v) is 9.91. The number of ketones is 1. The number of nitrogens with zero attached hydrogens (tertiary/aromatic N) is 2. The number of esters is 1. The van der Waals surface area contributed by atoms with E-state index in [9.17, 15) is 18.0 Å². The zero-order valence-corrected chi connectivity index (χ0v) is 16.1. The van der Waals surface area contributed by atoms with Gasteiger partial charge in [0.15, 0.2) is 19.0 Å². The number of carbonyl (C=O) groups is 2. The van der Waals surface area contributed by atoms with Crippen LogP contribution in [0.15, 0.2) is 48.5 Å². The lowest BCUT2D eigenvalue weighted by atomic mass is 10.1. The molecule has 0 atom stereocenters. The molecule has 0 amide bonds. The number of carbonyl (C=O) groups excluding carboxylic acids is 2. The van der Waals surface area contributed by atoms with Crippen LogP contribution in [0.5, 0.6) is 5.75 Å². The fourth-order valence-corrected chi connectivity index (χ4v) is 2.59. The molecule has 2 aromatic rings. The summed E-state index contributed by atoms with van der Waals surface area (Å²) in [5, 5.41) is 8.71. The molecule has 2 aromatic carbocycles. The maximum Gasteiger partial charge on any atom is 0.344 e. The van der Waals surface area contributed by atoms with Gasteiger partial charge < -0.3 is 9.47 Å². The summed E-state index contributed by atoms with van der Waals surface area (Å²) in [5.41, 5.74) is 1.16. The molecule has 0 unspecified atom stereocenters. The normalized spacial score (nSPS) is 10.6. The average Bonchev–Trinajstić information content (AvgIpc) is 2.69. The Morgan fingerprint density at radius 1 is 1.04 bits per heavy atom. The molecule has 0 fully saturated rings. The lowest BCUT2D eigenvalue weighted by Crippen LogP contribution is -2.24. The van der Waals surface area contributed by atoms with Crippen LogP contribution in [0, 0.1) is 11.3 Å². The third-order valence-electron chi connectivity index (χ3n) is 3.75. The number of ether oxygens (including phenoxy) is 2. The van der Waals surface area contributed by atoms with E-state index in [4.69, 9.17) is 14.7 Å². The van der Waals surface area contributed by atoms with Crippen molar-refractivity contribution in [2.24, 2.45) is 0 Å². The Kier molecular flexibility index (Phi) is 6.74. The SMILES string of the molecule is CN(c1ccc(C(=O)COC(=O)COc2ccc(C#N)cc2)cc1)S(C)(=O)=O. The van der Waals surface area contributed by atoms with Gasteiger partial charge in [0, 0.05) is 12.6 Å². The van der Waals surface area contributed by atoms with Gasteiger partial charge in [-0.2, -0.15) is 5.26 Å². The Balaban J connectivity index is 1.84. The highest BCUT2D eigenvalue weighted by molar-refractivity contribution is 7.92. The quantitative estimate of drug-likeness (QED) is 0.488. The first-order valence-electron chi connectivity index (χ1n) is 8.06. The standard InChI is InChI=1S/C19H18N2O6S/c1-21(28(2,24)25)16-7-5-15(6-8-16)18(22)12-27-19(23)13-26-17-9-3-14(11-20)4-10-17/h3-10H,12-13H2,1-2H3. The second-order valence-corrected chi connectivity index (χ2v) is 7.80. The highest BCUT2D eigenvalue weighted by Gasteiger charge is 2.14. The molecule has 2 rings (SSSR count). The molecule has 0 radical (unpaired) electrons. The number of rotatable bonds is 8. The molecule has 0 saturated heterocycles. The summed E-state index contributed by atoms with van der Waals surface area (Å²) in [7, 11) is -1.99. The highest BCUT2D eigenvalue weighted by atomic mass is 32.2. The van der Waals surface area contributed by atoms with Crippen molar-refractivity contribution in [2.75, 3.05) is 30.8 Å². The van der Waals surface area contributed by atoms with E-state index in [-0.39, 0.29) is 12.2 Å². The predicted octanol–water partition coefficient (Wildman–Crippen LogP) is 1.76. The van der Waals surface area contributed by atoms with Crippen LogP contribution in [-0.4, -0.2) is 46.7 Å². The largest absolute Gasteiger partial charge is 0.482 e. The molecule has 0 bridgehead atoms. The number of sulfonamides is 1. The Morgan fingerprint density at radius 2 is 1.64 bits per heavy atom. The van der Waals surface area contributed by atoms with E-state index in [1.807, 2.05) is 6.07 Å². The van der Waals surface area contributed by atoms with Crippen LogP contribution in [0.25, 0.3) is 0 Å². The Labute approximate surface area is 163 Å². The van der Waals surface area contributed by atoms with Gasteiger partial charge in [0.1, 0.15) is 5.75 Å². The van der Waals surface area contributed by atoms with Gasteiger partial charge in [0.05, 0.1) is 23.6 Å². The first kappa shape index (κ1) is 20.9. The molecule has 0 aliphatic carbocycles. The molecular weight excluding hydrogens is 384 g/mol. The third-order valence-corrected chi connectivity index (χ3v) is 4.96. The first-order chi connectivity index (χ1) is 13.2. The van der Waals surface area contributed by atoms with Gasteiger partial charge in [0.25, 0.3) is 0 Å². The van der Waals surface area contributed by atoms with Gasteiger partial charge >= 0.3 is 5.97 Å². The van der Waals surface area contributed by atoms with Gasteiger partial charge in [-0.1, -0.05) is 0 Å². The van der Waals surface area contributed by atoms with Gasteiger partial charge in [-0.05, 0) is 48.5 Å². The van der Waals surface area contributed by atoms with Gasteiger partial charge in [-0.25, -0.2) is 13.2 Å². The molecule has 0 aliphatic heterocycles. The summed E-state index contributed by atoms with van der Waals surface area (Å²) in [4.78, 5) is 23.8. The van der Waals surface area contributed by atoms with Crippen LogP contribution < -0.4 is 9.04 Å². The minimum atomic E-state index is -3.39. The van der Waals surface area contributed by atoms with Crippen LogP contribution in [0.1, 0.15) is 15.9 Å². The smallest absolute Gasteiger partial charge is 0.344 e. The van der Waals surface area contributed by atoms with E-state index >= 15 is 0 Å². The molecule has 0 aromatic heterocycles. The fourth-order valence-electron chi connectivity index (χ4n) is 2.09. The van der Waals surface area contributed by atoms with Gasteiger partial charge in [-0.15, -0.1) is 0 Å². The monoisotopic (exact) mass is 402 g/mol. The molecule has 146 valence electrons. The van der Waals surface area contributed by atoms with Crippen molar-refractivity contribution in [1.82, 2.24) is 0 Å². The number of hydrogen-bond acceptors (Lipinski definition) is 7. The molecule has 0 saturated carbocycles. The third kappa shape index (κ3) is 5.82. The molecule has 0 spiro atoms. The van der Waals surface area contributed by atoms with E-state index in [1.165, 1.54) is 31.3 Å². The summed E-state index contributed by atoms with van der Waals surface area (Å²) in [6.45, 7) is -0.839. The molecule has 9 heteroatoms. The highest BCUT2D eigenvalue weighted by Crippen LogP contribution is 2.16. The van der Waals surface area contributed by atoms with E-state index in [2.05, 4.69) is 0 Å². The van der Waals surface area contributed by atoms with Crippen molar-refractivity contribution in [1.29, 1.82) is 5.26 Å². The van der Waals surface area contributed by atoms with Gasteiger partial charge in [0.2, 0.25) is 10.0 Å².